The van der Waals surface area contributed by atoms with Gasteiger partial charge in [-0.3, -0.25) is 19.8 Å². The van der Waals surface area contributed by atoms with E-state index in [0.717, 1.165) is 16.5 Å². The molecule has 3 aromatic rings. The zero-order valence-electron chi connectivity index (χ0n) is 20.4. The number of nitriles is 1. The molecule has 0 saturated heterocycles. The van der Waals surface area contributed by atoms with Crippen molar-refractivity contribution in [1.82, 2.24) is 0 Å². The summed E-state index contributed by atoms with van der Waals surface area (Å²) in [6.07, 6.45) is -4.51. The van der Waals surface area contributed by atoms with Gasteiger partial charge in [-0.15, -0.1) is 0 Å². The van der Waals surface area contributed by atoms with Crippen molar-refractivity contribution in [2.75, 3.05) is 4.90 Å². The molecule has 1 aliphatic heterocycles. The number of nitrogens with zero attached hydrogens (tertiary/aromatic N) is 3. The molecule has 5 rings (SSSR count). The van der Waals surface area contributed by atoms with E-state index < -0.39 is 22.6 Å². The summed E-state index contributed by atoms with van der Waals surface area (Å²) in [5.41, 5.74) is 6.27. The zero-order valence-corrected chi connectivity index (χ0v) is 20.4. The normalized spacial score (nSPS) is 19.5. The van der Waals surface area contributed by atoms with Crippen molar-refractivity contribution in [2.24, 2.45) is 5.73 Å². The molecular formula is C29H21F3N4O3. The molecule has 2 aliphatic rings. The van der Waals surface area contributed by atoms with Gasteiger partial charge in [-0.2, -0.15) is 18.4 Å². The molecular weight excluding hydrogens is 509 g/mol. The molecule has 3 aromatic carbocycles. The first-order valence-electron chi connectivity index (χ1n) is 12.0. The number of anilines is 1. The Morgan fingerprint density at radius 1 is 0.974 bits per heavy atom. The molecule has 0 bridgehead atoms. The molecule has 0 aromatic heterocycles. The fourth-order valence-corrected chi connectivity index (χ4v) is 5.43. The fraction of sp³-hybridized carbons (Fsp3) is 0.172. The Hall–Kier alpha value is -4.91. The molecule has 1 aliphatic carbocycles. The van der Waals surface area contributed by atoms with E-state index in [4.69, 9.17) is 5.73 Å². The number of benzene rings is 3. The second-order valence-electron chi connectivity index (χ2n) is 9.35. The van der Waals surface area contributed by atoms with Crippen LogP contribution in [-0.4, -0.2) is 10.7 Å². The van der Waals surface area contributed by atoms with Gasteiger partial charge in [0.05, 0.1) is 33.7 Å². The summed E-state index contributed by atoms with van der Waals surface area (Å²) in [4.78, 5) is 25.9. The van der Waals surface area contributed by atoms with E-state index >= 15 is 0 Å². The van der Waals surface area contributed by atoms with E-state index in [-0.39, 0.29) is 64.1 Å². The number of nitro groups is 1. The van der Waals surface area contributed by atoms with E-state index in [1.807, 2.05) is 36.4 Å². The van der Waals surface area contributed by atoms with Crippen molar-refractivity contribution in [3.63, 3.8) is 0 Å². The minimum absolute atomic E-state index is 0.0572. The van der Waals surface area contributed by atoms with Gasteiger partial charge in [0.2, 0.25) is 0 Å². The van der Waals surface area contributed by atoms with Gasteiger partial charge in [0.1, 0.15) is 5.82 Å². The highest BCUT2D eigenvalue weighted by molar-refractivity contribution is 6.02. The SMILES string of the molecule is N#CC1=C(N)N(c2ccccc2C(F)(F)F)C2=C(C(=O)C[C@@H](c3ccccc3)C2)[C@H]1c1cccc([N+](=O)[O-])c1. The Kier molecular flexibility index (Phi) is 6.44. The molecule has 10 heteroatoms. The predicted octanol–water partition coefficient (Wildman–Crippen LogP) is 6.31. The third-order valence-corrected chi connectivity index (χ3v) is 7.10. The molecule has 0 spiro atoms. The highest BCUT2D eigenvalue weighted by atomic mass is 19.4. The number of allylic oxidation sites excluding steroid dienone is 3. The molecule has 39 heavy (non-hydrogen) atoms. The molecule has 0 fully saturated rings. The topological polar surface area (TPSA) is 113 Å². The average Bonchev–Trinajstić information content (AvgIpc) is 2.92. The smallest absolute Gasteiger partial charge is 0.384 e. The first-order valence-corrected chi connectivity index (χ1v) is 12.0. The maximum Gasteiger partial charge on any atom is 0.418 e. The number of ketones is 1. The first kappa shape index (κ1) is 25.7. The first-order chi connectivity index (χ1) is 18.6. The number of halogens is 3. The molecule has 2 atom stereocenters. The van der Waals surface area contributed by atoms with Crippen LogP contribution in [0.2, 0.25) is 0 Å². The number of nitrogens with two attached hydrogens (primary N) is 1. The largest absolute Gasteiger partial charge is 0.418 e. The van der Waals surface area contributed by atoms with Gasteiger partial charge in [0.15, 0.2) is 5.78 Å². The Morgan fingerprint density at radius 3 is 2.31 bits per heavy atom. The van der Waals surface area contributed by atoms with Crippen molar-refractivity contribution in [3.05, 3.63) is 128 Å². The lowest BCUT2D eigenvalue weighted by molar-refractivity contribution is -0.384. The van der Waals surface area contributed by atoms with E-state index in [0.29, 0.717) is 0 Å². The van der Waals surface area contributed by atoms with E-state index in [2.05, 4.69) is 0 Å². The van der Waals surface area contributed by atoms with Crippen molar-refractivity contribution in [1.29, 1.82) is 5.26 Å². The third-order valence-electron chi connectivity index (χ3n) is 7.10. The summed E-state index contributed by atoms with van der Waals surface area (Å²) in [6.45, 7) is 0. The average molecular weight is 531 g/mol. The maximum absolute atomic E-state index is 14.1. The molecule has 7 nitrogen and oxygen atoms in total. The molecule has 0 saturated carbocycles. The van der Waals surface area contributed by atoms with Crippen LogP contribution >= 0.6 is 0 Å². The van der Waals surface area contributed by atoms with Crippen molar-refractivity contribution in [3.8, 4) is 6.07 Å². The molecule has 2 N–H and O–H groups in total. The Balaban J connectivity index is 1.78. The number of nitro benzene ring substituents is 1. The van der Waals surface area contributed by atoms with Crippen LogP contribution in [0, 0.1) is 21.4 Å². The zero-order chi connectivity index (χ0) is 27.9. The number of carbonyl (C=O) groups excluding carboxylic acids is 1. The summed E-state index contributed by atoms with van der Waals surface area (Å²) in [7, 11) is 0. The van der Waals surface area contributed by atoms with Crippen LogP contribution in [0.15, 0.2) is 102 Å². The van der Waals surface area contributed by atoms with Crippen molar-refractivity contribution < 1.29 is 22.9 Å². The van der Waals surface area contributed by atoms with E-state index in [1.54, 1.807) is 6.07 Å². The number of hydrogen-bond donors (Lipinski definition) is 1. The van der Waals surface area contributed by atoms with Gasteiger partial charge >= 0.3 is 6.18 Å². The van der Waals surface area contributed by atoms with Crippen molar-refractivity contribution >= 4 is 17.2 Å². The lowest BCUT2D eigenvalue weighted by atomic mass is 9.71. The maximum atomic E-state index is 14.1. The number of para-hydroxylation sites is 1. The molecule has 0 amide bonds. The minimum atomic E-state index is -4.74. The van der Waals surface area contributed by atoms with Crippen molar-refractivity contribution in [2.45, 2.75) is 30.9 Å². The van der Waals surface area contributed by atoms with Gasteiger partial charge in [0, 0.05) is 29.8 Å². The number of hydrogen-bond acceptors (Lipinski definition) is 6. The van der Waals surface area contributed by atoms with E-state index in [1.165, 1.54) is 36.4 Å². The Labute approximate surface area is 221 Å². The van der Waals surface area contributed by atoms with Gasteiger partial charge in [-0.25, -0.2) is 0 Å². The molecule has 0 radical (unpaired) electrons. The Bertz CT molecular complexity index is 1590. The second-order valence-corrected chi connectivity index (χ2v) is 9.35. The molecule has 1 heterocycles. The summed E-state index contributed by atoms with van der Waals surface area (Å²) < 4.78 is 42.4. The predicted molar refractivity (Wildman–Crippen MR) is 137 cm³/mol. The summed E-state index contributed by atoms with van der Waals surface area (Å²) in [5, 5.41) is 21.6. The van der Waals surface area contributed by atoms with Crippen LogP contribution in [0.1, 0.15) is 41.4 Å². The lowest BCUT2D eigenvalue weighted by Gasteiger charge is -2.42. The number of Topliss-reactive ketones (excluding diaryl/α,β-unsaturated/α-hetero) is 1. The highest BCUT2D eigenvalue weighted by Crippen LogP contribution is 2.51. The number of rotatable bonds is 4. The number of carbonyl (C=O) groups is 1. The monoisotopic (exact) mass is 530 g/mol. The van der Waals surface area contributed by atoms with Crippen LogP contribution in [0.4, 0.5) is 24.5 Å². The number of alkyl halides is 3. The van der Waals surface area contributed by atoms with Gasteiger partial charge in [-0.05, 0) is 35.6 Å². The highest BCUT2D eigenvalue weighted by Gasteiger charge is 2.45. The Morgan fingerprint density at radius 2 is 1.64 bits per heavy atom. The lowest BCUT2D eigenvalue weighted by Crippen LogP contribution is -2.40. The van der Waals surface area contributed by atoms with Crippen LogP contribution < -0.4 is 10.6 Å². The van der Waals surface area contributed by atoms with Crippen LogP contribution in [-0.2, 0) is 11.0 Å². The van der Waals surface area contributed by atoms with Crippen LogP contribution in [0.25, 0.3) is 0 Å². The molecule has 196 valence electrons. The van der Waals surface area contributed by atoms with E-state index in [9.17, 15) is 33.3 Å². The summed E-state index contributed by atoms with van der Waals surface area (Å²) >= 11 is 0. The van der Waals surface area contributed by atoms with Gasteiger partial charge < -0.3 is 5.73 Å². The summed E-state index contributed by atoms with van der Waals surface area (Å²) in [6, 6.07) is 21.5. The second kappa shape index (κ2) is 9.76. The van der Waals surface area contributed by atoms with Gasteiger partial charge in [0.25, 0.3) is 5.69 Å². The van der Waals surface area contributed by atoms with Gasteiger partial charge in [-0.1, -0.05) is 54.6 Å². The number of non-ortho nitro benzene ring substituents is 1. The minimum Gasteiger partial charge on any atom is -0.384 e. The molecule has 0 unspecified atom stereocenters. The summed E-state index contributed by atoms with van der Waals surface area (Å²) in [5.74, 6) is -2.04. The third kappa shape index (κ3) is 4.52. The van der Waals surface area contributed by atoms with Crippen LogP contribution in [0.5, 0.6) is 0 Å². The quantitative estimate of drug-likeness (QED) is 0.312. The fourth-order valence-electron chi connectivity index (χ4n) is 5.43. The standard InChI is InChI=1S/C29H21F3N4O3/c30-29(31,32)22-11-4-5-12-23(22)35-24-14-19(17-7-2-1-3-8-17)15-25(37)27(24)26(21(16-33)28(35)34)18-9-6-10-20(13-18)36(38)39/h1-13,19,26H,14-15,34H2/t19-,26-/m0/s1. The van der Waals surface area contributed by atoms with Crippen LogP contribution in [0.3, 0.4) is 0 Å².